The first kappa shape index (κ1) is 7.35. The highest BCUT2D eigenvalue weighted by Gasteiger charge is 2.25. The van der Waals surface area contributed by atoms with E-state index in [4.69, 9.17) is 4.74 Å². The Morgan fingerprint density at radius 1 is 1.56 bits per heavy atom. The monoisotopic (exact) mass is 142 g/mol. The molecule has 1 atom stereocenters. The quantitative estimate of drug-likeness (QED) is 0.456. The van der Waals surface area contributed by atoms with Gasteiger partial charge in [-0.2, -0.15) is 0 Å². The second-order valence-corrected chi connectivity index (χ2v) is 4.93. The fourth-order valence-electron chi connectivity index (χ4n) is 1.27. The molecule has 0 bridgehead atoms. The Balaban J connectivity index is 2.37. The van der Waals surface area contributed by atoms with Crippen molar-refractivity contribution in [3.63, 3.8) is 0 Å². The van der Waals surface area contributed by atoms with Crippen molar-refractivity contribution in [1.82, 2.24) is 0 Å². The van der Waals surface area contributed by atoms with Crippen LogP contribution in [-0.4, -0.2) is 29.3 Å². The van der Waals surface area contributed by atoms with Crippen LogP contribution in [0.4, 0.5) is 0 Å². The molecular formula is C6H15BOSi. The standard InChI is InChI=1S/C6H15BOSi/c1-7-6(9)4-2-3-5-8-6/h7H,2-5H2,1,9H3. The molecule has 0 spiro atoms. The normalized spacial score (nSPS) is 36.6. The van der Waals surface area contributed by atoms with Gasteiger partial charge in [0.15, 0.2) is 7.28 Å². The molecule has 3 heteroatoms. The van der Waals surface area contributed by atoms with E-state index < -0.39 is 0 Å². The van der Waals surface area contributed by atoms with E-state index in [2.05, 4.69) is 6.82 Å². The van der Waals surface area contributed by atoms with Gasteiger partial charge in [0, 0.05) is 22.0 Å². The van der Waals surface area contributed by atoms with Crippen LogP contribution in [0.15, 0.2) is 0 Å². The number of hydrogen-bond donors (Lipinski definition) is 0. The van der Waals surface area contributed by atoms with E-state index in [1.807, 2.05) is 0 Å². The summed E-state index contributed by atoms with van der Waals surface area (Å²) in [5, 5.41) is 0.359. The molecule has 1 saturated heterocycles. The van der Waals surface area contributed by atoms with Crippen LogP contribution >= 0.6 is 0 Å². The average Bonchev–Trinajstić information content (AvgIpc) is 1.90. The zero-order valence-electron chi connectivity index (χ0n) is 6.44. The summed E-state index contributed by atoms with van der Waals surface area (Å²) in [6.45, 7) is 3.25. The SMILES string of the molecule is CBC1([SiH3])CCCCO1. The van der Waals surface area contributed by atoms with Gasteiger partial charge in [-0.15, -0.1) is 0 Å². The highest BCUT2D eigenvalue weighted by atomic mass is 28.1. The van der Waals surface area contributed by atoms with Crippen LogP contribution in [0.5, 0.6) is 0 Å². The molecule has 0 aliphatic carbocycles. The van der Waals surface area contributed by atoms with Gasteiger partial charge in [-0.3, -0.25) is 0 Å². The van der Waals surface area contributed by atoms with Crippen molar-refractivity contribution in [2.45, 2.75) is 31.2 Å². The summed E-state index contributed by atoms with van der Waals surface area (Å²) in [6.07, 6.45) is 3.98. The van der Waals surface area contributed by atoms with E-state index in [-0.39, 0.29) is 0 Å². The van der Waals surface area contributed by atoms with Gasteiger partial charge in [0.25, 0.3) is 0 Å². The van der Waals surface area contributed by atoms with Gasteiger partial charge in [0.05, 0.1) is 0 Å². The van der Waals surface area contributed by atoms with Crippen LogP contribution in [-0.2, 0) is 4.74 Å². The predicted molar refractivity (Wildman–Crippen MR) is 45.5 cm³/mol. The molecule has 1 nitrogen and oxygen atoms in total. The van der Waals surface area contributed by atoms with Crippen LogP contribution in [0, 0.1) is 0 Å². The number of hydrogen-bond acceptors (Lipinski definition) is 1. The Labute approximate surface area is 60.8 Å². The lowest BCUT2D eigenvalue weighted by Gasteiger charge is -2.32. The largest absolute Gasteiger partial charge is 0.388 e. The van der Waals surface area contributed by atoms with Gasteiger partial charge in [-0.25, -0.2) is 0 Å². The summed E-state index contributed by atoms with van der Waals surface area (Å²) < 4.78 is 5.68. The van der Waals surface area contributed by atoms with Crippen molar-refractivity contribution in [2.75, 3.05) is 6.61 Å². The topological polar surface area (TPSA) is 9.23 Å². The molecule has 0 N–H and O–H groups in total. The van der Waals surface area contributed by atoms with Gasteiger partial charge in [-0.1, -0.05) is 6.82 Å². The lowest BCUT2D eigenvalue weighted by molar-refractivity contribution is 0.0361. The molecule has 1 fully saturated rings. The third kappa shape index (κ3) is 1.83. The fraction of sp³-hybridized carbons (Fsp3) is 1.00. The first-order chi connectivity index (χ1) is 4.27. The van der Waals surface area contributed by atoms with Crippen molar-refractivity contribution in [3.05, 3.63) is 0 Å². The molecule has 9 heavy (non-hydrogen) atoms. The molecule has 52 valence electrons. The maximum atomic E-state index is 5.68. The van der Waals surface area contributed by atoms with Crippen molar-refractivity contribution in [1.29, 1.82) is 0 Å². The smallest absolute Gasteiger partial charge is 0.153 e. The highest BCUT2D eigenvalue weighted by molar-refractivity contribution is 6.52. The van der Waals surface area contributed by atoms with Gasteiger partial charge in [-0.05, 0) is 19.3 Å². The maximum Gasteiger partial charge on any atom is 0.153 e. The summed E-state index contributed by atoms with van der Waals surface area (Å²) in [5.74, 6) is 0. The molecule has 0 aromatic heterocycles. The number of ether oxygens (including phenoxy) is 1. The highest BCUT2D eigenvalue weighted by Crippen LogP contribution is 2.19. The zero-order valence-corrected chi connectivity index (χ0v) is 8.44. The molecule has 0 aromatic carbocycles. The molecule has 1 unspecified atom stereocenters. The summed E-state index contributed by atoms with van der Waals surface area (Å²) in [6, 6.07) is 0. The summed E-state index contributed by atoms with van der Waals surface area (Å²) in [5.41, 5.74) is 0. The lowest BCUT2D eigenvalue weighted by atomic mass is 9.70. The minimum absolute atomic E-state index is 0.359. The molecule has 0 saturated carbocycles. The van der Waals surface area contributed by atoms with E-state index in [9.17, 15) is 0 Å². The van der Waals surface area contributed by atoms with Crippen LogP contribution in [0.3, 0.4) is 0 Å². The van der Waals surface area contributed by atoms with E-state index >= 15 is 0 Å². The predicted octanol–water partition coefficient (Wildman–Crippen LogP) is -0.309. The van der Waals surface area contributed by atoms with Gasteiger partial charge >= 0.3 is 0 Å². The second-order valence-electron chi connectivity index (χ2n) is 3.11. The lowest BCUT2D eigenvalue weighted by Crippen LogP contribution is -2.41. The van der Waals surface area contributed by atoms with Crippen molar-refractivity contribution in [2.24, 2.45) is 0 Å². The zero-order chi connectivity index (χ0) is 6.74. The number of rotatable bonds is 1. The Bertz CT molecular complexity index is 91.1. The first-order valence-electron chi connectivity index (χ1n) is 3.91. The van der Waals surface area contributed by atoms with E-state index in [0.717, 1.165) is 6.61 Å². The average molecular weight is 142 g/mol. The Hall–Kier alpha value is 0.242. The van der Waals surface area contributed by atoms with Crippen LogP contribution < -0.4 is 0 Å². The van der Waals surface area contributed by atoms with Crippen molar-refractivity contribution >= 4 is 17.5 Å². The third-order valence-electron chi connectivity index (χ3n) is 2.30. The Morgan fingerprint density at radius 3 is 2.67 bits per heavy atom. The van der Waals surface area contributed by atoms with Gasteiger partial charge in [0.2, 0.25) is 0 Å². The second kappa shape index (κ2) is 2.88. The van der Waals surface area contributed by atoms with Gasteiger partial charge < -0.3 is 4.74 Å². The van der Waals surface area contributed by atoms with Crippen LogP contribution in [0.25, 0.3) is 0 Å². The molecular weight excluding hydrogens is 127 g/mol. The van der Waals surface area contributed by atoms with Crippen LogP contribution in [0.1, 0.15) is 19.3 Å². The fourth-order valence-corrected chi connectivity index (χ4v) is 1.83. The van der Waals surface area contributed by atoms with E-state index in [1.165, 1.54) is 36.8 Å². The first-order valence-corrected chi connectivity index (χ1v) is 4.91. The molecule has 1 rings (SSSR count). The summed E-state index contributed by atoms with van der Waals surface area (Å²) >= 11 is 0. The van der Waals surface area contributed by atoms with Crippen molar-refractivity contribution in [3.8, 4) is 0 Å². The molecule has 0 amide bonds. The van der Waals surface area contributed by atoms with Crippen LogP contribution in [0.2, 0.25) is 6.82 Å². The molecule has 1 aliphatic rings. The molecule has 1 aliphatic heterocycles. The molecule has 1 heterocycles. The van der Waals surface area contributed by atoms with Crippen molar-refractivity contribution < 1.29 is 4.74 Å². The molecule has 0 radical (unpaired) electrons. The summed E-state index contributed by atoms with van der Waals surface area (Å²) in [7, 11) is 2.43. The van der Waals surface area contributed by atoms with Gasteiger partial charge in [0.1, 0.15) is 0 Å². The van der Waals surface area contributed by atoms with E-state index in [1.54, 1.807) is 0 Å². The third-order valence-corrected chi connectivity index (χ3v) is 3.79. The minimum Gasteiger partial charge on any atom is -0.388 e. The maximum absolute atomic E-state index is 5.68. The summed E-state index contributed by atoms with van der Waals surface area (Å²) in [4.78, 5) is 0. The van der Waals surface area contributed by atoms with E-state index in [0.29, 0.717) is 5.12 Å². The molecule has 0 aromatic rings. The minimum atomic E-state index is 0.359. The Kier molecular flexibility index (Phi) is 2.36. The Morgan fingerprint density at radius 2 is 2.33 bits per heavy atom.